The quantitative estimate of drug-likeness (QED) is 0.384. The number of allylic oxidation sites excluding steroid dienone is 2. The molecule has 0 aliphatic heterocycles. The number of ketones is 1. The van der Waals surface area contributed by atoms with Crippen LogP contribution in [0.3, 0.4) is 0 Å². The molecule has 2 aromatic rings. The Labute approximate surface area is 189 Å². The van der Waals surface area contributed by atoms with E-state index in [0.29, 0.717) is 0 Å². The minimum Gasteiger partial charge on any atom is -0.504 e. The maximum absolute atomic E-state index is 12.1. The zero-order chi connectivity index (χ0) is 22.6. The van der Waals surface area contributed by atoms with E-state index in [9.17, 15) is 22.2 Å². The van der Waals surface area contributed by atoms with Crippen molar-refractivity contribution in [3.05, 3.63) is 59.9 Å². The van der Waals surface area contributed by atoms with Crippen molar-refractivity contribution in [1.29, 1.82) is 0 Å². The molecule has 0 fully saturated rings. The van der Waals surface area contributed by atoms with Crippen LogP contribution < -0.4 is 0 Å². The zero-order valence-electron chi connectivity index (χ0n) is 17.8. The predicted octanol–water partition coefficient (Wildman–Crippen LogP) is 4.02. The number of fused-ring (bicyclic) bond motifs is 1. The number of aliphatic hydroxyl groups excluding tert-OH is 1. The van der Waals surface area contributed by atoms with Crippen molar-refractivity contribution in [3.8, 4) is 0 Å². The Balaban J connectivity index is 0.000000658. The average Bonchev–Trinajstić information content (AvgIpc) is 2.58. The predicted molar refractivity (Wildman–Crippen MR) is 85.0 cm³/mol. The first-order valence-electron chi connectivity index (χ1n) is 8.96. The van der Waals surface area contributed by atoms with Crippen LogP contribution in [0.4, 0.5) is 13.2 Å². The van der Waals surface area contributed by atoms with E-state index in [-0.39, 0.29) is 61.0 Å². The molecule has 3 nitrogen and oxygen atoms in total. The van der Waals surface area contributed by atoms with Gasteiger partial charge in [-0.25, -0.2) is 0 Å². The van der Waals surface area contributed by atoms with Crippen molar-refractivity contribution in [2.24, 2.45) is 0 Å². The first-order valence-corrected chi connectivity index (χ1v) is 7.11. The average molecular weight is 502 g/mol. The summed E-state index contributed by atoms with van der Waals surface area (Å²) in [5.74, 6) is -2.79. The second-order valence-electron chi connectivity index (χ2n) is 4.22. The molecule has 1 N–H and O–H groups in total. The van der Waals surface area contributed by atoms with Gasteiger partial charge in [0.1, 0.15) is 0 Å². The van der Waals surface area contributed by atoms with E-state index in [4.69, 9.17) is 13.3 Å². The summed E-state index contributed by atoms with van der Waals surface area (Å²) >= 11 is 0. The number of carbonyl (C=O) groups excluding carboxylic acids is 1. The molecule has 0 amide bonds. The van der Waals surface area contributed by atoms with Gasteiger partial charge in [-0.2, -0.15) is 13.2 Å². The summed E-state index contributed by atoms with van der Waals surface area (Å²) in [6.45, 7) is 0. The summed E-state index contributed by atoms with van der Waals surface area (Å²) in [6.07, 6.45) is -10.5. The van der Waals surface area contributed by atoms with Crippen LogP contribution in [-0.4, -0.2) is 33.6 Å². The van der Waals surface area contributed by atoms with Crippen LogP contribution in [0.2, 0.25) is 0 Å². The number of hydrogen-bond acceptors (Lipinski definition) is 3. The normalized spacial score (nSPS) is 16.2. The summed E-state index contributed by atoms with van der Waals surface area (Å²) < 4.78 is 85.6. The molecule has 0 heterocycles. The van der Waals surface area contributed by atoms with Gasteiger partial charge in [0.25, 0.3) is 0 Å². The van der Waals surface area contributed by atoms with Crippen LogP contribution >= 0.6 is 0 Å². The molecular weight excluding hydrogens is 481 g/mol. The molecule has 0 saturated heterocycles. The molecule has 0 bridgehead atoms. The smallest absolute Gasteiger partial charge is 0.448 e. The van der Waals surface area contributed by atoms with Crippen LogP contribution in [0.5, 0.6) is 0 Å². The number of rotatable bonds is 2. The summed E-state index contributed by atoms with van der Waals surface area (Å²) in [5, 5.41) is 10.4. The van der Waals surface area contributed by atoms with Gasteiger partial charge < -0.3 is 5.11 Å². The van der Waals surface area contributed by atoms with Gasteiger partial charge in [-0.15, -0.1) is 0 Å². The molecule has 1 radical (unpaired) electrons. The van der Waals surface area contributed by atoms with E-state index in [1.54, 1.807) is 18.2 Å². The third-order valence-corrected chi connectivity index (χ3v) is 2.59. The van der Waals surface area contributed by atoms with Crippen molar-refractivity contribution < 1.29 is 84.9 Å². The molecular formula is C16H15EuF3O3S. The van der Waals surface area contributed by atoms with Crippen molar-refractivity contribution in [2.75, 3.05) is 12.4 Å². The molecule has 0 unspecified atom stereocenters. The summed E-state index contributed by atoms with van der Waals surface area (Å²) in [7, 11) is -2.75. The van der Waals surface area contributed by atoms with Crippen molar-refractivity contribution in [1.82, 2.24) is 0 Å². The van der Waals surface area contributed by atoms with E-state index < -0.39 is 40.9 Å². The number of aliphatic hydroxyl groups is 1. The van der Waals surface area contributed by atoms with Gasteiger partial charge in [0.05, 0.1) is 0 Å². The van der Waals surface area contributed by atoms with Crippen LogP contribution in [0.25, 0.3) is 10.8 Å². The third-order valence-electron chi connectivity index (χ3n) is 2.59. The van der Waals surface area contributed by atoms with E-state index in [1.165, 1.54) is 12.1 Å². The van der Waals surface area contributed by atoms with Gasteiger partial charge in [0, 0.05) is 92.4 Å². The summed E-state index contributed by atoms with van der Waals surface area (Å²) in [6, 6.07) is 11.7. The van der Waals surface area contributed by atoms with E-state index in [1.807, 2.05) is 12.1 Å². The van der Waals surface area contributed by atoms with Gasteiger partial charge >= 0.3 is 6.18 Å². The fraction of sp³-hybridized carbons (Fsp3) is 0.188. The first kappa shape index (κ1) is 14.6. The number of carbonyl (C=O) groups is 1. The SMILES string of the molecule is O=C(C=C(O)C(F)(F)F)c1ccc2ccccc2c1.[2H]C([2H])([2H])S(=O)C([2H])([2H])[2H].[Eu]. The van der Waals surface area contributed by atoms with Crippen LogP contribution in [-0.2, 0) is 10.8 Å². The van der Waals surface area contributed by atoms with Gasteiger partial charge in [0.2, 0.25) is 5.76 Å². The zero-order valence-corrected chi connectivity index (χ0v) is 15.0. The standard InChI is InChI=1S/C14H9F3O2.C2H6OS.Eu/c15-14(16,17)13(19)8-12(18)11-6-5-9-3-1-2-4-10(9)7-11;1-4(2)3;/h1-8,19H;1-2H3;/i;1D3,2D3;. The first-order chi connectivity index (χ1) is 13.0. The molecule has 0 aromatic heterocycles. The molecule has 0 atom stereocenters. The topological polar surface area (TPSA) is 54.4 Å². The molecule has 24 heavy (non-hydrogen) atoms. The minimum atomic E-state index is -4.91. The van der Waals surface area contributed by atoms with Crippen LogP contribution in [0.15, 0.2) is 54.3 Å². The van der Waals surface area contributed by atoms with Crippen LogP contribution in [0, 0.1) is 49.4 Å². The van der Waals surface area contributed by atoms with Crippen molar-refractivity contribution in [2.45, 2.75) is 6.18 Å². The van der Waals surface area contributed by atoms with Crippen molar-refractivity contribution in [3.63, 3.8) is 0 Å². The van der Waals surface area contributed by atoms with E-state index in [0.717, 1.165) is 10.8 Å². The molecule has 0 saturated carbocycles. The maximum Gasteiger partial charge on any atom is 0.448 e. The Kier molecular flexibility index (Phi) is 6.34. The Hall–Kier alpha value is -0.566. The number of halogens is 3. The number of alkyl halides is 3. The Morgan fingerprint density at radius 2 is 1.75 bits per heavy atom. The Morgan fingerprint density at radius 3 is 2.25 bits per heavy atom. The van der Waals surface area contributed by atoms with E-state index in [2.05, 4.69) is 0 Å². The molecule has 131 valence electrons. The number of benzene rings is 2. The van der Waals surface area contributed by atoms with Gasteiger partial charge in [-0.05, 0) is 16.8 Å². The molecule has 0 aliphatic carbocycles. The molecule has 2 aromatic carbocycles. The molecule has 0 spiro atoms. The van der Waals surface area contributed by atoms with E-state index >= 15 is 0 Å². The molecule has 8 heteroatoms. The fourth-order valence-electron chi connectivity index (χ4n) is 1.63. The monoisotopic (exact) mass is 503 g/mol. The fourth-order valence-corrected chi connectivity index (χ4v) is 1.63. The third kappa shape index (κ3) is 8.01. The summed E-state index contributed by atoms with van der Waals surface area (Å²) in [4.78, 5) is 11.6. The van der Waals surface area contributed by atoms with Gasteiger partial charge in [0.15, 0.2) is 5.78 Å². The molecule has 2 rings (SSSR count). The van der Waals surface area contributed by atoms with Gasteiger partial charge in [-0.1, -0.05) is 36.4 Å². The second-order valence-corrected chi connectivity index (χ2v) is 4.76. The minimum absolute atomic E-state index is 0. The Bertz CT molecular complexity index is 926. The summed E-state index contributed by atoms with van der Waals surface area (Å²) in [5.41, 5.74) is 0.0921. The van der Waals surface area contributed by atoms with Crippen molar-refractivity contribution >= 4 is 27.4 Å². The number of hydrogen-bond donors (Lipinski definition) is 1. The second kappa shape index (κ2) is 10.4. The Morgan fingerprint density at radius 1 is 1.17 bits per heavy atom. The van der Waals surface area contributed by atoms with Crippen LogP contribution in [0.1, 0.15) is 18.6 Å². The largest absolute Gasteiger partial charge is 0.504 e. The molecule has 0 aliphatic rings. The van der Waals surface area contributed by atoms with Gasteiger partial charge in [-0.3, -0.25) is 9.00 Å². The maximum atomic E-state index is 12.1.